The fourth-order valence-corrected chi connectivity index (χ4v) is 2.07. The minimum atomic E-state index is -0.0311. The molecule has 3 heteroatoms. The fourth-order valence-electron chi connectivity index (χ4n) is 2.07. The molecule has 1 atom stereocenters. The van der Waals surface area contributed by atoms with Gasteiger partial charge in [-0.1, -0.05) is 20.3 Å². The second-order valence-corrected chi connectivity index (χ2v) is 6.44. The van der Waals surface area contributed by atoms with Gasteiger partial charge in [0.25, 0.3) is 0 Å². The Bertz CT molecular complexity index is 201. The van der Waals surface area contributed by atoms with Crippen LogP contribution in [0.5, 0.6) is 0 Å². The van der Waals surface area contributed by atoms with Gasteiger partial charge in [-0.05, 0) is 39.0 Å². The monoisotopic (exact) mass is 259 g/mol. The van der Waals surface area contributed by atoms with Crippen LogP contribution in [-0.4, -0.2) is 39.0 Å². The van der Waals surface area contributed by atoms with Gasteiger partial charge in [-0.2, -0.15) is 0 Å². The summed E-state index contributed by atoms with van der Waals surface area (Å²) in [6.45, 7) is 14.5. The SMILES string of the molecule is CCCC(C)(CCOC(C)(C)C)CNCCOC. The topological polar surface area (TPSA) is 30.5 Å². The Balaban J connectivity index is 4.00. The van der Waals surface area contributed by atoms with E-state index in [9.17, 15) is 0 Å². The molecule has 0 fully saturated rings. The second-order valence-electron chi connectivity index (χ2n) is 6.44. The molecule has 0 saturated carbocycles. The van der Waals surface area contributed by atoms with E-state index in [1.54, 1.807) is 7.11 Å². The first-order valence-electron chi connectivity index (χ1n) is 7.16. The van der Waals surface area contributed by atoms with Crippen LogP contribution in [0.3, 0.4) is 0 Å². The number of methoxy groups -OCH3 is 1. The molecule has 0 heterocycles. The summed E-state index contributed by atoms with van der Waals surface area (Å²) in [7, 11) is 1.74. The van der Waals surface area contributed by atoms with Crippen molar-refractivity contribution < 1.29 is 9.47 Å². The van der Waals surface area contributed by atoms with Crippen molar-refractivity contribution in [3.63, 3.8) is 0 Å². The van der Waals surface area contributed by atoms with Crippen molar-refractivity contribution >= 4 is 0 Å². The van der Waals surface area contributed by atoms with Crippen LogP contribution in [0.4, 0.5) is 0 Å². The van der Waals surface area contributed by atoms with Crippen LogP contribution < -0.4 is 5.32 Å². The third-order valence-electron chi connectivity index (χ3n) is 3.13. The van der Waals surface area contributed by atoms with Crippen molar-refractivity contribution in [2.24, 2.45) is 5.41 Å². The normalized spacial score (nSPS) is 15.7. The van der Waals surface area contributed by atoms with Crippen molar-refractivity contribution in [2.75, 3.05) is 33.4 Å². The van der Waals surface area contributed by atoms with Crippen LogP contribution in [0.25, 0.3) is 0 Å². The Labute approximate surface area is 114 Å². The maximum absolute atomic E-state index is 5.85. The average molecular weight is 259 g/mol. The molecule has 0 aliphatic rings. The first kappa shape index (κ1) is 17.9. The second kappa shape index (κ2) is 8.89. The molecule has 1 N–H and O–H groups in total. The van der Waals surface area contributed by atoms with Crippen molar-refractivity contribution in [3.05, 3.63) is 0 Å². The van der Waals surface area contributed by atoms with E-state index in [0.717, 1.165) is 32.7 Å². The van der Waals surface area contributed by atoms with Crippen molar-refractivity contribution in [2.45, 2.75) is 59.5 Å². The van der Waals surface area contributed by atoms with E-state index in [0.29, 0.717) is 5.41 Å². The highest BCUT2D eigenvalue weighted by atomic mass is 16.5. The molecule has 0 radical (unpaired) electrons. The first-order valence-corrected chi connectivity index (χ1v) is 7.16. The lowest BCUT2D eigenvalue weighted by molar-refractivity contribution is -0.0180. The molecular weight excluding hydrogens is 226 g/mol. The van der Waals surface area contributed by atoms with Crippen LogP contribution in [0, 0.1) is 5.41 Å². The molecule has 0 saturated heterocycles. The number of ether oxygens (including phenoxy) is 2. The Morgan fingerprint density at radius 1 is 1.00 bits per heavy atom. The maximum atomic E-state index is 5.85. The van der Waals surface area contributed by atoms with Gasteiger partial charge in [-0.3, -0.25) is 0 Å². The summed E-state index contributed by atoms with van der Waals surface area (Å²) in [6, 6.07) is 0. The summed E-state index contributed by atoms with van der Waals surface area (Å²) in [4.78, 5) is 0. The molecule has 0 aromatic carbocycles. The number of hydrogen-bond donors (Lipinski definition) is 1. The van der Waals surface area contributed by atoms with Crippen molar-refractivity contribution in [1.29, 1.82) is 0 Å². The molecule has 0 aliphatic carbocycles. The van der Waals surface area contributed by atoms with Gasteiger partial charge in [-0.15, -0.1) is 0 Å². The molecule has 110 valence electrons. The summed E-state index contributed by atoms with van der Waals surface area (Å²) >= 11 is 0. The minimum absolute atomic E-state index is 0.0311. The molecule has 0 aromatic rings. The van der Waals surface area contributed by atoms with E-state index < -0.39 is 0 Å². The van der Waals surface area contributed by atoms with Gasteiger partial charge in [0.2, 0.25) is 0 Å². The van der Waals surface area contributed by atoms with E-state index in [1.165, 1.54) is 12.8 Å². The third-order valence-corrected chi connectivity index (χ3v) is 3.13. The summed E-state index contributed by atoms with van der Waals surface area (Å²) in [5.74, 6) is 0. The van der Waals surface area contributed by atoms with E-state index >= 15 is 0 Å². The lowest BCUT2D eigenvalue weighted by Crippen LogP contribution is -2.35. The van der Waals surface area contributed by atoms with E-state index in [2.05, 4.69) is 39.9 Å². The van der Waals surface area contributed by atoms with Crippen LogP contribution in [0.1, 0.15) is 53.9 Å². The van der Waals surface area contributed by atoms with Crippen LogP contribution in [0.2, 0.25) is 0 Å². The van der Waals surface area contributed by atoms with Crippen molar-refractivity contribution in [3.8, 4) is 0 Å². The Morgan fingerprint density at radius 2 is 1.67 bits per heavy atom. The zero-order chi connectivity index (χ0) is 14.1. The summed E-state index contributed by atoms with van der Waals surface area (Å²) in [5.41, 5.74) is 0.296. The third kappa shape index (κ3) is 9.86. The molecule has 0 aromatic heterocycles. The summed E-state index contributed by atoms with van der Waals surface area (Å²) < 4.78 is 10.9. The smallest absolute Gasteiger partial charge is 0.0598 e. The predicted octanol–water partition coefficient (Wildman–Crippen LogP) is 3.23. The lowest BCUT2D eigenvalue weighted by Gasteiger charge is -2.31. The molecule has 0 rings (SSSR count). The van der Waals surface area contributed by atoms with Crippen molar-refractivity contribution in [1.82, 2.24) is 5.32 Å². The van der Waals surface area contributed by atoms with Gasteiger partial charge in [0.05, 0.1) is 12.2 Å². The molecule has 18 heavy (non-hydrogen) atoms. The molecule has 1 unspecified atom stereocenters. The van der Waals surface area contributed by atoms with Crippen LogP contribution >= 0.6 is 0 Å². The quantitative estimate of drug-likeness (QED) is 0.611. The van der Waals surface area contributed by atoms with Gasteiger partial charge in [0.15, 0.2) is 0 Å². The number of hydrogen-bond acceptors (Lipinski definition) is 3. The molecule has 0 aliphatic heterocycles. The summed E-state index contributed by atoms with van der Waals surface area (Å²) in [5, 5.41) is 3.48. The number of nitrogens with one attached hydrogen (secondary N) is 1. The maximum Gasteiger partial charge on any atom is 0.0598 e. The zero-order valence-corrected chi connectivity index (χ0v) is 13.3. The highest BCUT2D eigenvalue weighted by Gasteiger charge is 2.23. The van der Waals surface area contributed by atoms with E-state index in [1.807, 2.05) is 0 Å². The van der Waals surface area contributed by atoms with Crippen LogP contribution in [-0.2, 0) is 9.47 Å². The Morgan fingerprint density at radius 3 is 2.17 bits per heavy atom. The highest BCUT2D eigenvalue weighted by molar-refractivity contribution is 4.77. The van der Waals surface area contributed by atoms with Gasteiger partial charge in [-0.25, -0.2) is 0 Å². The Hall–Kier alpha value is -0.120. The van der Waals surface area contributed by atoms with Crippen LogP contribution in [0.15, 0.2) is 0 Å². The first-order chi connectivity index (χ1) is 8.33. The fraction of sp³-hybridized carbons (Fsp3) is 1.00. The lowest BCUT2D eigenvalue weighted by atomic mass is 9.82. The molecule has 0 bridgehead atoms. The highest BCUT2D eigenvalue weighted by Crippen LogP contribution is 2.27. The number of rotatable bonds is 10. The summed E-state index contributed by atoms with van der Waals surface area (Å²) in [6.07, 6.45) is 3.57. The standard InChI is InChI=1S/C15H33NO2/c1-7-8-15(5,13-16-10-12-17-6)9-11-18-14(2,3)4/h16H,7-13H2,1-6H3. The zero-order valence-electron chi connectivity index (χ0n) is 13.3. The Kier molecular flexibility index (Phi) is 8.83. The molecular formula is C15H33NO2. The molecule has 3 nitrogen and oxygen atoms in total. The minimum Gasteiger partial charge on any atom is -0.383 e. The van der Waals surface area contributed by atoms with E-state index in [4.69, 9.17) is 9.47 Å². The van der Waals surface area contributed by atoms with Gasteiger partial charge >= 0.3 is 0 Å². The van der Waals surface area contributed by atoms with Gasteiger partial charge in [0, 0.05) is 26.8 Å². The molecule has 0 amide bonds. The largest absolute Gasteiger partial charge is 0.383 e. The van der Waals surface area contributed by atoms with Gasteiger partial charge in [0.1, 0.15) is 0 Å². The van der Waals surface area contributed by atoms with E-state index in [-0.39, 0.29) is 5.60 Å². The molecule has 0 spiro atoms. The van der Waals surface area contributed by atoms with Gasteiger partial charge < -0.3 is 14.8 Å². The predicted molar refractivity (Wildman–Crippen MR) is 78.1 cm³/mol. The average Bonchev–Trinajstić information content (AvgIpc) is 2.23.